The first-order valence-electron chi connectivity index (χ1n) is 20.3. The van der Waals surface area contributed by atoms with E-state index >= 15 is 0 Å². The van der Waals surface area contributed by atoms with E-state index < -0.39 is 0 Å². The first-order chi connectivity index (χ1) is 29.0. The molecule has 0 unspecified atom stereocenters. The first kappa shape index (κ1) is 38.2. The van der Waals surface area contributed by atoms with Crippen LogP contribution in [0.3, 0.4) is 0 Å². The molecule has 3 aromatic heterocycles. The average Bonchev–Trinajstić information content (AvgIpc) is 4.06. The number of nitrogens with zero attached hydrogens (tertiary/aromatic N) is 7. The summed E-state index contributed by atoms with van der Waals surface area (Å²) in [5.74, 6) is 0. The number of benzene rings is 4. The lowest BCUT2D eigenvalue weighted by Crippen LogP contribution is -2.08. The second kappa shape index (κ2) is 15.5. The molecule has 2 aliphatic heterocycles. The van der Waals surface area contributed by atoms with Gasteiger partial charge in [-0.1, -0.05) is 36.4 Å². The third kappa shape index (κ3) is 7.21. The van der Waals surface area contributed by atoms with Gasteiger partial charge in [-0.2, -0.15) is 0 Å². The Labute approximate surface area is 352 Å². The lowest BCUT2D eigenvalue weighted by Gasteiger charge is -2.17. The molecule has 0 saturated heterocycles. The number of nitrogens with one attached hydrogen (secondary N) is 1. The van der Waals surface area contributed by atoms with Crippen molar-refractivity contribution < 1.29 is 0 Å². The molecule has 0 saturated carbocycles. The topological polar surface area (TPSA) is 59.5 Å². The van der Waals surface area contributed by atoms with Gasteiger partial charge in [-0.05, 0) is 132 Å². The lowest BCUT2D eigenvalue weighted by molar-refractivity contribution is 1.12. The van der Waals surface area contributed by atoms with Crippen LogP contribution >= 0.6 is 0 Å². The fourth-order valence-corrected chi connectivity index (χ4v) is 8.10. The molecular weight excluding hydrogens is 737 g/mol. The molecule has 5 heterocycles. The Morgan fingerprint density at radius 3 is 1.28 bits per heavy atom. The Morgan fingerprint density at radius 2 is 0.800 bits per heavy atom. The number of aromatic amines is 1. The molecular formula is C52H50N8. The van der Waals surface area contributed by atoms with E-state index in [0.29, 0.717) is 0 Å². The quantitative estimate of drug-likeness (QED) is 0.166. The van der Waals surface area contributed by atoms with Crippen LogP contribution in [0.5, 0.6) is 0 Å². The summed E-state index contributed by atoms with van der Waals surface area (Å²) in [4.78, 5) is 22.7. The molecule has 4 aromatic carbocycles. The van der Waals surface area contributed by atoms with Crippen molar-refractivity contribution in [2.45, 2.75) is 0 Å². The molecule has 2 aliphatic rings. The summed E-state index contributed by atoms with van der Waals surface area (Å²) in [6.45, 7) is 0. The number of aromatic nitrogens is 4. The van der Waals surface area contributed by atoms with E-state index in [1.807, 2.05) is 0 Å². The molecule has 60 heavy (non-hydrogen) atoms. The number of H-pyrrole nitrogens is 1. The van der Waals surface area contributed by atoms with Crippen LogP contribution in [-0.4, -0.2) is 75.9 Å². The third-order valence-corrected chi connectivity index (χ3v) is 11.3. The van der Waals surface area contributed by atoms with Crippen molar-refractivity contribution in [2.75, 3.05) is 76.0 Å². The van der Waals surface area contributed by atoms with Gasteiger partial charge in [0.05, 0.1) is 33.8 Å². The van der Waals surface area contributed by atoms with Gasteiger partial charge < -0.3 is 29.2 Å². The highest BCUT2D eigenvalue weighted by atomic mass is 15.1. The molecule has 1 N–H and O–H groups in total. The van der Waals surface area contributed by atoms with Gasteiger partial charge in [0.25, 0.3) is 0 Å². The van der Waals surface area contributed by atoms with Gasteiger partial charge in [0.15, 0.2) is 0 Å². The summed E-state index contributed by atoms with van der Waals surface area (Å²) in [6, 6.07) is 46.2. The predicted molar refractivity (Wildman–Crippen MR) is 257 cm³/mol. The van der Waals surface area contributed by atoms with Crippen LogP contribution in [0.15, 0.2) is 127 Å². The van der Waals surface area contributed by atoms with E-state index in [9.17, 15) is 0 Å². The van der Waals surface area contributed by atoms with Gasteiger partial charge in [0.2, 0.25) is 0 Å². The molecule has 9 rings (SSSR count). The zero-order chi connectivity index (χ0) is 41.7. The van der Waals surface area contributed by atoms with E-state index in [0.717, 1.165) is 107 Å². The van der Waals surface area contributed by atoms with Gasteiger partial charge >= 0.3 is 0 Å². The Bertz CT molecular complexity index is 2940. The highest BCUT2D eigenvalue weighted by Crippen LogP contribution is 2.48. The second-order valence-electron chi connectivity index (χ2n) is 16.3. The first-order valence-corrected chi connectivity index (χ1v) is 20.3. The van der Waals surface area contributed by atoms with Gasteiger partial charge in [0.1, 0.15) is 0 Å². The average molecular weight is 787 g/mol. The fourth-order valence-electron chi connectivity index (χ4n) is 8.10. The van der Waals surface area contributed by atoms with Crippen LogP contribution in [-0.2, 0) is 0 Å². The Hall–Kier alpha value is -7.32. The van der Waals surface area contributed by atoms with Gasteiger partial charge in [-0.25, -0.2) is 9.97 Å². The summed E-state index contributed by atoms with van der Waals surface area (Å²) in [6.07, 6.45) is 8.50. The number of fused-ring (bicyclic) bond motifs is 8. The molecule has 7 aromatic rings. The molecule has 0 radical (unpaired) electrons. The van der Waals surface area contributed by atoms with Crippen LogP contribution in [0, 0.1) is 0 Å². The van der Waals surface area contributed by atoms with Crippen LogP contribution in [0.1, 0.15) is 22.8 Å². The molecule has 0 amide bonds. The predicted octanol–water partition coefficient (Wildman–Crippen LogP) is 11.4. The van der Waals surface area contributed by atoms with E-state index in [2.05, 4.69) is 237 Å². The van der Waals surface area contributed by atoms with Gasteiger partial charge in [-0.15, -0.1) is 0 Å². The van der Waals surface area contributed by atoms with Crippen LogP contribution in [0.4, 0.5) is 22.7 Å². The minimum Gasteiger partial charge on any atom is -0.378 e. The summed E-state index contributed by atoms with van der Waals surface area (Å²) >= 11 is 0. The monoisotopic (exact) mass is 786 g/mol. The zero-order valence-corrected chi connectivity index (χ0v) is 35.6. The number of anilines is 4. The summed E-state index contributed by atoms with van der Waals surface area (Å²) in [7, 11) is 16.7. The highest BCUT2D eigenvalue weighted by Gasteiger charge is 2.26. The maximum Gasteiger partial charge on any atom is 0.0737 e. The molecule has 8 heteroatoms. The SMILES string of the molecule is CN(C)c1ccc(-c2c(-c3ccc(N(C)C)cc3)c3c(-c4ccc(N(C)C)cc4)c4nc(cc5ccc(cc6nc(cc2n3-c2ccc(N(C)C)cc2)C=C6)[nH]5)C=C4)cc1. The molecule has 0 atom stereocenters. The van der Waals surface area contributed by atoms with Crippen LogP contribution < -0.4 is 19.6 Å². The summed E-state index contributed by atoms with van der Waals surface area (Å²) in [5, 5.41) is 0. The highest BCUT2D eigenvalue weighted by molar-refractivity contribution is 6.11. The fraction of sp³-hybridized carbons (Fsp3) is 0.154. The minimum atomic E-state index is 0.869. The summed E-state index contributed by atoms with van der Waals surface area (Å²) < 4.78 is 2.44. The van der Waals surface area contributed by atoms with Crippen LogP contribution in [0.25, 0.3) is 85.4 Å². The number of hydrogen-bond acceptors (Lipinski definition) is 6. The van der Waals surface area contributed by atoms with Crippen molar-refractivity contribution >= 4 is 69.1 Å². The largest absolute Gasteiger partial charge is 0.378 e. The lowest BCUT2D eigenvalue weighted by atomic mass is 9.92. The molecule has 0 fully saturated rings. The minimum absolute atomic E-state index is 0.869. The van der Waals surface area contributed by atoms with E-state index in [4.69, 9.17) is 9.97 Å². The summed E-state index contributed by atoms with van der Waals surface area (Å²) in [5.41, 5.74) is 19.6. The molecule has 298 valence electrons. The third-order valence-electron chi connectivity index (χ3n) is 11.3. The van der Waals surface area contributed by atoms with E-state index in [1.54, 1.807) is 0 Å². The molecule has 8 nitrogen and oxygen atoms in total. The Balaban J connectivity index is 1.56. The van der Waals surface area contributed by atoms with Crippen molar-refractivity contribution in [1.82, 2.24) is 19.5 Å². The maximum absolute atomic E-state index is 5.42. The maximum atomic E-state index is 5.42. The zero-order valence-electron chi connectivity index (χ0n) is 35.6. The Kier molecular flexibility index (Phi) is 9.84. The smallest absolute Gasteiger partial charge is 0.0737 e. The molecule has 8 bridgehead atoms. The molecule has 0 aliphatic carbocycles. The van der Waals surface area contributed by atoms with Crippen molar-refractivity contribution in [3.63, 3.8) is 0 Å². The standard InChI is InChI=1S/C52H50N8/c1-56(2)42-20-9-34(10-21-42)49-47-30-19-40(55-47)32-39-16-15-37(53-39)31-38-17-18-41(54-38)33-48-50(35-11-22-43(23-12-35)57(3)4)51(36-13-24-44(25-14-36)58(5)6)52(49)60(48)46-28-26-45(27-29-46)59(7)8/h9-33,53H,1-8H3. The Morgan fingerprint density at radius 1 is 0.400 bits per heavy atom. The van der Waals surface area contributed by atoms with E-state index in [1.165, 1.54) is 0 Å². The van der Waals surface area contributed by atoms with Crippen molar-refractivity contribution in [3.05, 3.63) is 150 Å². The normalized spacial score (nSPS) is 11.9. The van der Waals surface area contributed by atoms with Crippen molar-refractivity contribution in [2.24, 2.45) is 0 Å². The number of rotatable bonds is 8. The second-order valence-corrected chi connectivity index (χ2v) is 16.3. The molecule has 0 spiro atoms. The van der Waals surface area contributed by atoms with Gasteiger partial charge in [-0.3, -0.25) is 0 Å². The van der Waals surface area contributed by atoms with Crippen molar-refractivity contribution in [3.8, 4) is 39.1 Å². The van der Waals surface area contributed by atoms with Crippen molar-refractivity contribution in [1.29, 1.82) is 0 Å². The van der Waals surface area contributed by atoms with Crippen LogP contribution in [0.2, 0.25) is 0 Å². The number of hydrogen-bond donors (Lipinski definition) is 1. The van der Waals surface area contributed by atoms with E-state index in [-0.39, 0.29) is 0 Å². The van der Waals surface area contributed by atoms with Gasteiger partial charge in [0, 0.05) is 113 Å².